The Morgan fingerprint density at radius 2 is 2.05 bits per heavy atom. The van der Waals surface area contributed by atoms with Gasteiger partial charge in [-0.25, -0.2) is 9.97 Å². The molecule has 0 saturated heterocycles. The van der Waals surface area contributed by atoms with Crippen molar-refractivity contribution in [2.45, 2.75) is 31.4 Å². The van der Waals surface area contributed by atoms with Crippen LogP contribution in [0.3, 0.4) is 0 Å². The third-order valence-corrected chi connectivity index (χ3v) is 3.57. The summed E-state index contributed by atoms with van der Waals surface area (Å²) in [7, 11) is 0. The summed E-state index contributed by atoms with van der Waals surface area (Å²) >= 11 is 0. The summed E-state index contributed by atoms with van der Waals surface area (Å²) in [5.41, 5.74) is 7.64. The van der Waals surface area contributed by atoms with Crippen molar-refractivity contribution < 1.29 is 13.2 Å². The van der Waals surface area contributed by atoms with Gasteiger partial charge in [0.1, 0.15) is 5.82 Å². The summed E-state index contributed by atoms with van der Waals surface area (Å²) < 4.78 is 38.4. The van der Waals surface area contributed by atoms with E-state index >= 15 is 0 Å². The molecule has 2 N–H and O–H groups in total. The molecule has 1 aliphatic rings. The van der Waals surface area contributed by atoms with Crippen molar-refractivity contribution in [3.8, 4) is 0 Å². The van der Waals surface area contributed by atoms with Crippen LogP contribution in [0.4, 0.5) is 19.0 Å². The highest BCUT2D eigenvalue weighted by molar-refractivity contribution is 5.38. The van der Waals surface area contributed by atoms with E-state index in [0.29, 0.717) is 6.42 Å². The van der Waals surface area contributed by atoms with Crippen LogP contribution in [0.25, 0.3) is 0 Å². The molecule has 0 amide bonds. The summed E-state index contributed by atoms with van der Waals surface area (Å²) in [6, 6.07) is 5.18. The monoisotopic (exact) mass is 294 g/mol. The normalized spacial score (nSPS) is 18.3. The Balaban J connectivity index is 2.08. The van der Waals surface area contributed by atoms with Crippen LogP contribution in [0.5, 0.6) is 0 Å². The first kappa shape index (κ1) is 13.8. The molecule has 0 fully saturated rings. The Morgan fingerprint density at radius 1 is 1.24 bits per heavy atom. The molecule has 1 unspecified atom stereocenters. The van der Waals surface area contributed by atoms with Gasteiger partial charge in [-0.1, -0.05) is 6.07 Å². The number of nitrogens with two attached hydrogens (primary N) is 1. The summed E-state index contributed by atoms with van der Waals surface area (Å²) in [4.78, 5) is 11.3. The Morgan fingerprint density at radius 3 is 2.81 bits per heavy atom. The molecule has 0 saturated carbocycles. The van der Waals surface area contributed by atoms with Gasteiger partial charge < -0.3 is 5.73 Å². The fourth-order valence-corrected chi connectivity index (χ4v) is 2.69. The average Bonchev–Trinajstić information content (AvgIpc) is 2.45. The maximum absolute atomic E-state index is 12.8. The van der Waals surface area contributed by atoms with Gasteiger partial charge in [0.2, 0.25) is 5.82 Å². The summed E-state index contributed by atoms with van der Waals surface area (Å²) in [5, 5.41) is 0. The van der Waals surface area contributed by atoms with E-state index in [1.807, 2.05) is 12.1 Å². The van der Waals surface area contributed by atoms with E-state index in [4.69, 9.17) is 5.73 Å². The van der Waals surface area contributed by atoms with Gasteiger partial charge in [0.05, 0.1) is 11.4 Å². The van der Waals surface area contributed by atoms with Crippen molar-refractivity contribution in [2.24, 2.45) is 0 Å². The summed E-state index contributed by atoms with van der Waals surface area (Å²) in [6.07, 6.45) is -0.489. The zero-order valence-electron chi connectivity index (χ0n) is 11.1. The molecular formula is C14H13F3N4. The van der Waals surface area contributed by atoms with Crippen LogP contribution < -0.4 is 5.73 Å². The predicted molar refractivity (Wildman–Crippen MR) is 70.5 cm³/mol. The van der Waals surface area contributed by atoms with Gasteiger partial charge in [-0.05, 0) is 30.9 Å². The van der Waals surface area contributed by atoms with Gasteiger partial charge in [0.25, 0.3) is 0 Å². The molecule has 2 heterocycles. The zero-order chi connectivity index (χ0) is 15.0. The van der Waals surface area contributed by atoms with Crippen LogP contribution in [0, 0.1) is 0 Å². The van der Waals surface area contributed by atoms with Crippen LogP contribution in [0.1, 0.15) is 41.5 Å². The van der Waals surface area contributed by atoms with Crippen LogP contribution in [-0.2, 0) is 12.6 Å². The maximum Gasteiger partial charge on any atom is 0.451 e. The topological polar surface area (TPSA) is 64.7 Å². The Kier molecular flexibility index (Phi) is 3.27. The number of nitrogen functional groups attached to an aromatic ring is 1. The number of anilines is 1. The number of halogens is 3. The third kappa shape index (κ3) is 2.68. The minimum Gasteiger partial charge on any atom is -0.384 e. The minimum atomic E-state index is -4.61. The number of aryl methyl sites for hydroxylation is 1. The molecule has 0 aliphatic heterocycles. The third-order valence-electron chi connectivity index (χ3n) is 3.57. The molecule has 110 valence electrons. The van der Waals surface area contributed by atoms with Crippen molar-refractivity contribution in [2.75, 3.05) is 5.73 Å². The maximum atomic E-state index is 12.8. The van der Waals surface area contributed by atoms with E-state index < -0.39 is 12.0 Å². The van der Waals surface area contributed by atoms with Gasteiger partial charge in [0, 0.05) is 18.2 Å². The lowest BCUT2D eigenvalue weighted by molar-refractivity contribution is -0.145. The van der Waals surface area contributed by atoms with Gasteiger partial charge in [-0.3, -0.25) is 4.98 Å². The first-order valence-electron chi connectivity index (χ1n) is 6.60. The van der Waals surface area contributed by atoms with E-state index in [0.717, 1.165) is 24.1 Å². The van der Waals surface area contributed by atoms with E-state index in [1.54, 1.807) is 6.20 Å². The highest BCUT2D eigenvalue weighted by Crippen LogP contribution is 2.36. The Bertz CT molecular complexity index is 670. The minimum absolute atomic E-state index is 0.171. The van der Waals surface area contributed by atoms with Crippen molar-refractivity contribution in [1.29, 1.82) is 0 Å². The second kappa shape index (κ2) is 4.98. The molecule has 1 aliphatic carbocycles. The largest absolute Gasteiger partial charge is 0.451 e. The van der Waals surface area contributed by atoms with Gasteiger partial charge in [0.15, 0.2) is 0 Å². The Labute approximate surface area is 119 Å². The second-order valence-corrected chi connectivity index (χ2v) is 5.03. The molecule has 0 bridgehead atoms. The van der Waals surface area contributed by atoms with Crippen molar-refractivity contribution >= 4 is 5.82 Å². The molecule has 0 aromatic carbocycles. The molecule has 2 aromatic rings. The molecule has 4 nitrogen and oxygen atoms in total. The lowest BCUT2D eigenvalue weighted by Gasteiger charge is -2.24. The van der Waals surface area contributed by atoms with Gasteiger partial charge in [-0.2, -0.15) is 13.2 Å². The van der Waals surface area contributed by atoms with Crippen molar-refractivity contribution in [3.05, 3.63) is 47.2 Å². The fraction of sp³-hybridized carbons (Fsp3) is 0.357. The van der Waals surface area contributed by atoms with Crippen LogP contribution in [0.15, 0.2) is 24.4 Å². The van der Waals surface area contributed by atoms with Gasteiger partial charge in [-0.15, -0.1) is 0 Å². The van der Waals surface area contributed by atoms with Crippen molar-refractivity contribution in [1.82, 2.24) is 15.0 Å². The molecule has 1 atom stereocenters. The zero-order valence-corrected chi connectivity index (χ0v) is 11.1. The lowest BCUT2D eigenvalue weighted by Crippen LogP contribution is -2.19. The Hall–Kier alpha value is -2.18. The number of nitrogens with zero attached hydrogens (tertiary/aromatic N) is 3. The molecule has 2 aromatic heterocycles. The summed E-state index contributed by atoms with van der Waals surface area (Å²) in [5.74, 6) is -1.63. The number of pyridine rings is 1. The number of hydrogen-bond acceptors (Lipinski definition) is 4. The molecule has 21 heavy (non-hydrogen) atoms. The molecular weight excluding hydrogens is 281 g/mol. The highest BCUT2D eigenvalue weighted by Gasteiger charge is 2.36. The lowest BCUT2D eigenvalue weighted by atomic mass is 9.84. The molecule has 0 radical (unpaired) electrons. The van der Waals surface area contributed by atoms with Gasteiger partial charge >= 0.3 is 6.18 Å². The molecule has 0 spiro atoms. The van der Waals surface area contributed by atoms with Crippen LogP contribution in [-0.4, -0.2) is 15.0 Å². The highest BCUT2D eigenvalue weighted by atomic mass is 19.4. The quantitative estimate of drug-likeness (QED) is 0.878. The second-order valence-electron chi connectivity index (χ2n) is 5.03. The molecule has 3 rings (SSSR count). The number of aromatic nitrogens is 3. The van der Waals surface area contributed by atoms with Crippen molar-refractivity contribution in [3.63, 3.8) is 0 Å². The fourth-order valence-electron chi connectivity index (χ4n) is 2.69. The smallest absolute Gasteiger partial charge is 0.384 e. The number of fused-ring (bicyclic) bond motifs is 1. The standard InChI is InChI=1S/C14H13F3N4/c15-14(16,17)13-20-10(7-11(18)21-13)9-5-1-3-8-4-2-6-19-12(8)9/h2,4,6-7,9H,1,3,5H2,(H2,18,20,21). The SMILES string of the molecule is Nc1cc(C2CCCc3cccnc32)nc(C(F)(F)F)n1. The van der Waals surface area contributed by atoms with E-state index in [-0.39, 0.29) is 17.4 Å². The first-order chi connectivity index (χ1) is 9.95. The summed E-state index contributed by atoms with van der Waals surface area (Å²) in [6.45, 7) is 0. The number of rotatable bonds is 1. The van der Waals surface area contributed by atoms with Crippen LogP contribution in [0.2, 0.25) is 0 Å². The predicted octanol–water partition coefficient (Wildman–Crippen LogP) is 2.94. The van der Waals surface area contributed by atoms with E-state index in [9.17, 15) is 13.2 Å². The first-order valence-corrected chi connectivity index (χ1v) is 6.60. The van der Waals surface area contributed by atoms with Crippen LogP contribution >= 0.6 is 0 Å². The van der Waals surface area contributed by atoms with E-state index in [2.05, 4.69) is 15.0 Å². The number of alkyl halides is 3. The number of hydrogen-bond donors (Lipinski definition) is 1. The molecule has 7 heteroatoms. The van der Waals surface area contributed by atoms with E-state index in [1.165, 1.54) is 6.07 Å². The average molecular weight is 294 g/mol.